The van der Waals surface area contributed by atoms with Gasteiger partial charge >= 0.3 is 0 Å². The summed E-state index contributed by atoms with van der Waals surface area (Å²) in [5.41, 5.74) is 1.26. The molecule has 22 heavy (non-hydrogen) atoms. The highest BCUT2D eigenvalue weighted by Gasteiger charge is 2.19. The lowest BCUT2D eigenvalue weighted by atomic mass is 9.99. The molecule has 0 saturated carbocycles. The summed E-state index contributed by atoms with van der Waals surface area (Å²) in [5, 5.41) is 3.41. The molecule has 0 spiro atoms. The number of rotatable bonds is 4. The van der Waals surface area contributed by atoms with Crippen molar-refractivity contribution in [1.29, 1.82) is 0 Å². The van der Waals surface area contributed by atoms with Gasteiger partial charge in [0.2, 0.25) is 0 Å². The SMILES string of the molecule is CC(C)Cc1nc2cc(F)c(F)cc2n1CC1CCCNC1. The van der Waals surface area contributed by atoms with Crippen molar-refractivity contribution in [3.63, 3.8) is 0 Å². The van der Waals surface area contributed by atoms with Crippen LogP contribution in [0.25, 0.3) is 11.0 Å². The van der Waals surface area contributed by atoms with Gasteiger partial charge in [-0.2, -0.15) is 0 Å². The minimum atomic E-state index is -0.826. The van der Waals surface area contributed by atoms with Gasteiger partial charge in [-0.3, -0.25) is 0 Å². The number of imidazole rings is 1. The first kappa shape index (κ1) is 15.4. The first-order valence-electron chi connectivity index (χ1n) is 8.09. The smallest absolute Gasteiger partial charge is 0.161 e. The lowest BCUT2D eigenvalue weighted by molar-refractivity contribution is 0.335. The van der Waals surface area contributed by atoms with Crippen molar-refractivity contribution < 1.29 is 8.78 Å². The Morgan fingerprint density at radius 3 is 2.77 bits per heavy atom. The molecular weight excluding hydrogens is 284 g/mol. The number of aromatic nitrogens is 2. The zero-order valence-corrected chi connectivity index (χ0v) is 13.2. The highest BCUT2D eigenvalue weighted by atomic mass is 19.2. The summed E-state index contributed by atoms with van der Waals surface area (Å²) < 4.78 is 29.2. The maximum absolute atomic E-state index is 13.7. The second-order valence-electron chi connectivity index (χ2n) is 6.70. The molecule has 0 aliphatic carbocycles. The van der Waals surface area contributed by atoms with Gasteiger partial charge in [-0.1, -0.05) is 13.8 Å². The van der Waals surface area contributed by atoms with Gasteiger partial charge in [-0.25, -0.2) is 13.8 Å². The Kier molecular flexibility index (Phi) is 4.43. The first-order valence-corrected chi connectivity index (χ1v) is 8.09. The van der Waals surface area contributed by atoms with Gasteiger partial charge in [-0.15, -0.1) is 0 Å². The molecule has 2 aromatic rings. The molecule has 1 N–H and O–H groups in total. The van der Waals surface area contributed by atoms with E-state index in [0.717, 1.165) is 38.3 Å². The van der Waals surface area contributed by atoms with Gasteiger partial charge in [0, 0.05) is 25.1 Å². The summed E-state index contributed by atoms with van der Waals surface area (Å²) in [5.74, 6) is 0.277. The third-order valence-electron chi connectivity index (χ3n) is 4.30. The second-order valence-corrected chi connectivity index (χ2v) is 6.70. The van der Waals surface area contributed by atoms with Gasteiger partial charge in [0.25, 0.3) is 0 Å². The van der Waals surface area contributed by atoms with Gasteiger partial charge in [0.15, 0.2) is 11.6 Å². The van der Waals surface area contributed by atoms with E-state index in [9.17, 15) is 8.78 Å². The predicted molar refractivity (Wildman–Crippen MR) is 83.8 cm³/mol. The van der Waals surface area contributed by atoms with E-state index in [1.54, 1.807) is 0 Å². The minimum Gasteiger partial charge on any atom is -0.328 e. The molecular formula is C17H23F2N3. The van der Waals surface area contributed by atoms with Crippen molar-refractivity contribution in [2.24, 2.45) is 11.8 Å². The number of nitrogens with one attached hydrogen (secondary N) is 1. The largest absolute Gasteiger partial charge is 0.328 e. The molecule has 5 heteroatoms. The van der Waals surface area contributed by atoms with Crippen molar-refractivity contribution in [3.05, 3.63) is 29.6 Å². The average Bonchev–Trinajstić information content (AvgIpc) is 2.77. The van der Waals surface area contributed by atoms with Gasteiger partial charge < -0.3 is 9.88 Å². The van der Waals surface area contributed by atoms with E-state index in [1.807, 2.05) is 0 Å². The van der Waals surface area contributed by atoms with Crippen LogP contribution < -0.4 is 5.32 Å². The van der Waals surface area contributed by atoms with E-state index in [2.05, 4.69) is 28.7 Å². The normalized spacial score (nSPS) is 19.2. The van der Waals surface area contributed by atoms with Crippen LogP contribution in [0, 0.1) is 23.5 Å². The monoisotopic (exact) mass is 307 g/mol. The summed E-state index contributed by atoms with van der Waals surface area (Å²) in [6.45, 7) is 7.13. The van der Waals surface area contributed by atoms with E-state index in [0.29, 0.717) is 22.9 Å². The van der Waals surface area contributed by atoms with Crippen LogP contribution in [0.3, 0.4) is 0 Å². The molecule has 1 fully saturated rings. The number of nitrogens with zero attached hydrogens (tertiary/aromatic N) is 2. The van der Waals surface area contributed by atoms with E-state index < -0.39 is 11.6 Å². The van der Waals surface area contributed by atoms with Crippen LogP contribution in [0.2, 0.25) is 0 Å². The standard InChI is InChI=1S/C17H23F2N3/c1-11(2)6-17-21-15-7-13(18)14(19)8-16(15)22(17)10-12-4-3-5-20-9-12/h7-8,11-12,20H,3-6,9-10H2,1-2H3. The number of fused-ring (bicyclic) bond motifs is 1. The minimum absolute atomic E-state index is 0.453. The Balaban J connectivity index is 2.00. The molecule has 1 aliphatic heterocycles. The molecule has 0 radical (unpaired) electrons. The maximum Gasteiger partial charge on any atom is 0.161 e. The molecule has 1 aliphatic rings. The quantitative estimate of drug-likeness (QED) is 0.937. The third-order valence-corrected chi connectivity index (χ3v) is 4.30. The van der Waals surface area contributed by atoms with Crippen molar-refractivity contribution >= 4 is 11.0 Å². The van der Waals surface area contributed by atoms with Crippen LogP contribution in [0.15, 0.2) is 12.1 Å². The molecule has 1 aromatic carbocycles. The summed E-state index contributed by atoms with van der Waals surface area (Å²) in [6.07, 6.45) is 3.15. The Bertz CT molecular complexity index is 657. The fourth-order valence-electron chi connectivity index (χ4n) is 3.23. The van der Waals surface area contributed by atoms with Crippen molar-refractivity contribution in [3.8, 4) is 0 Å². The fourth-order valence-corrected chi connectivity index (χ4v) is 3.23. The number of hydrogen-bond donors (Lipinski definition) is 1. The predicted octanol–water partition coefficient (Wildman–Crippen LogP) is 3.51. The van der Waals surface area contributed by atoms with E-state index in [1.165, 1.54) is 18.6 Å². The molecule has 3 rings (SSSR count). The molecule has 1 aromatic heterocycles. The molecule has 1 unspecified atom stereocenters. The number of benzene rings is 1. The van der Waals surface area contributed by atoms with E-state index in [4.69, 9.17) is 0 Å². The van der Waals surface area contributed by atoms with Crippen LogP contribution in [0.4, 0.5) is 8.78 Å². The highest BCUT2D eigenvalue weighted by molar-refractivity contribution is 5.76. The maximum atomic E-state index is 13.7. The van der Waals surface area contributed by atoms with Crippen molar-refractivity contribution in [1.82, 2.24) is 14.9 Å². The molecule has 3 nitrogen and oxygen atoms in total. The van der Waals surface area contributed by atoms with E-state index >= 15 is 0 Å². The van der Waals surface area contributed by atoms with E-state index in [-0.39, 0.29) is 0 Å². The van der Waals surface area contributed by atoms with Gasteiger partial charge in [0.1, 0.15) is 5.82 Å². The number of hydrogen-bond acceptors (Lipinski definition) is 2. The average molecular weight is 307 g/mol. The van der Waals surface area contributed by atoms with Crippen LogP contribution in [-0.4, -0.2) is 22.6 Å². The summed E-state index contributed by atoms with van der Waals surface area (Å²) in [6, 6.07) is 2.50. The van der Waals surface area contributed by atoms with Crippen LogP contribution in [0.1, 0.15) is 32.5 Å². The summed E-state index contributed by atoms with van der Waals surface area (Å²) in [7, 11) is 0. The molecule has 1 saturated heterocycles. The molecule has 0 amide bonds. The number of halogens is 2. The van der Waals surface area contributed by atoms with Crippen LogP contribution >= 0.6 is 0 Å². The lowest BCUT2D eigenvalue weighted by Gasteiger charge is -2.24. The molecule has 120 valence electrons. The summed E-state index contributed by atoms with van der Waals surface area (Å²) in [4.78, 5) is 4.56. The van der Waals surface area contributed by atoms with Crippen LogP contribution in [-0.2, 0) is 13.0 Å². The Labute approximate surface area is 129 Å². The first-order chi connectivity index (χ1) is 10.5. The fraction of sp³-hybridized carbons (Fsp3) is 0.588. The Morgan fingerprint density at radius 2 is 2.09 bits per heavy atom. The molecule has 0 bridgehead atoms. The second kappa shape index (κ2) is 6.32. The zero-order chi connectivity index (χ0) is 15.7. The van der Waals surface area contributed by atoms with Gasteiger partial charge in [-0.05, 0) is 37.8 Å². The van der Waals surface area contributed by atoms with Crippen molar-refractivity contribution in [2.45, 2.75) is 39.7 Å². The zero-order valence-electron chi connectivity index (χ0n) is 13.2. The highest BCUT2D eigenvalue weighted by Crippen LogP contribution is 2.24. The molecule has 1 atom stereocenters. The topological polar surface area (TPSA) is 29.9 Å². The Morgan fingerprint density at radius 1 is 1.32 bits per heavy atom. The lowest BCUT2D eigenvalue weighted by Crippen LogP contribution is -2.32. The Hall–Kier alpha value is -1.49. The van der Waals surface area contributed by atoms with Crippen molar-refractivity contribution in [2.75, 3.05) is 13.1 Å². The molecule has 2 heterocycles. The third kappa shape index (κ3) is 3.14. The van der Waals surface area contributed by atoms with Crippen LogP contribution in [0.5, 0.6) is 0 Å². The van der Waals surface area contributed by atoms with Gasteiger partial charge in [0.05, 0.1) is 11.0 Å². The number of piperidine rings is 1. The summed E-state index contributed by atoms with van der Waals surface area (Å²) >= 11 is 0.